The quantitative estimate of drug-likeness (QED) is 0.880. The number of carbonyl (C=O) groups excluding carboxylic acids is 1. The van der Waals surface area contributed by atoms with Crippen LogP contribution in [0.25, 0.3) is 0 Å². The van der Waals surface area contributed by atoms with Crippen molar-refractivity contribution in [1.29, 1.82) is 0 Å². The molecule has 1 amide bonds. The van der Waals surface area contributed by atoms with E-state index in [4.69, 9.17) is 5.73 Å². The third-order valence-corrected chi connectivity index (χ3v) is 5.05. The molecule has 1 aliphatic rings. The van der Waals surface area contributed by atoms with E-state index in [0.717, 1.165) is 12.2 Å². The third-order valence-electron chi connectivity index (χ3n) is 5.05. The molecule has 1 aliphatic heterocycles. The van der Waals surface area contributed by atoms with Crippen LogP contribution >= 0.6 is 0 Å². The van der Waals surface area contributed by atoms with Gasteiger partial charge < -0.3 is 11.1 Å². The largest absolute Gasteiger partial charge is 0.385 e. The minimum Gasteiger partial charge on any atom is -0.385 e. The maximum atomic E-state index is 14.7. The molecule has 0 aliphatic carbocycles. The summed E-state index contributed by atoms with van der Waals surface area (Å²) in [6, 6.07) is 4.85. The van der Waals surface area contributed by atoms with Gasteiger partial charge in [-0.2, -0.15) is 0 Å². The number of nitrogens with one attached hydrogen (secondary N) is 1. The van der Waals surface area contributed by atoms with Gasteiger partial charge in [0.25, 0.3) is 0 Å². The predicted molar refractivity (Wildman–Crippen MR) is 99.9 cm³/mol. The van der Waals surface area contributed by atoms with E-state index in [1.807, 2.05) is 0 Å². The number of rotatable bonds is 3. The van der Waals surface area contributed by atoms with Gasteiger partial charge in [0.2, 0.25) is 5.91 Å². The number of amides is 1. The third kappa shape index (κ3) is 3.34. The lowest BCUT2D eigenvalue weighted by atomic mass is 9.67. The van der Waals surface area contributed by atoms with E-state index >= 15 is 0 Å². The lowest BCUT2D eigenvalue weighted by molar-refractivity contribution is -0.140. The molecular weight excluding hydrogens is 319 g/mol. The molecule has 0 saturated carbocycles. The predicted octanol–water partition coefficient (Wildman–Crippen LogP) is 3.31. The fraction of sp³-hybridized carbons (Fsp3) is 0.579. The molecule has 6 heteroatoms. The second kappa shape index (κ2) is 6.00. The van der Waals surface area contributed by atoms with Gasteiger partial charge in [-0.15, -0.1) is 0 Å². The summed E-state index contributed by atoms with van der Waals surface area (Å²) in [5.74, 6) is -0.486. The van der Waals surface area contributed by atoms with Gasteiger partial charge in [0.05, 0.1) is 5.41 Å². The lowest BCUT2D eigenvalue weighted by Crippen LogP contribution is -2.58. The zero-order valence-corrected chi connectivity index (χ0v) is 16.2. The topological polar surface area (TPSA) is 70.7 Å². The average Bonchev–Trinajstić information content (AvgIpc) is 2.50. The summed E-state index contributed by atoms with van der Waals surface area (Å²) in [5, 5.41) is 3.33. The second-order valence-corrected chi connectivity index (χ2v) is 8.64. The Morgan fingerprint density at radius 2 is 1.88 bits per heavy atom. The van der Waals surface area contributed by atoms with Crippen molar-refractivity contribution in [3.8, 4) is 0 Å². The van der Waals surface area contributed by atoms with Crippen molar-refractivity contribution >= 4 is 17.6 Å². The highest BCUT2D eigenvalue weighted by Crippen LogP contribution is 2.47. The maximum absolute atomic E-state index is 14.7. The summed E-state index contributed by atoms with van der Waals surface area (Å²) in [4.78, 5) is 18.6. The summed E-state index contributed by atoms with van der Waals surface area (Å²) in [5.41, 5.74) is 5.14. The zero-order valence-electron chi connectivity index (χ0n) is 16.2. The average molecular weight is 348 g/mol. The summed E-state index contributed by atoms with van der Waals surface area (Å²) in [6.07, 6.45) is 0. The van der Waals surface area contributed by atoms with Gasteiger partial charge in [0, 0.05) is 24.8 Å². The highest BCUT2D eigenvalue weighted by Gasteiger charge is 2.53. The lowest BCUT2D eigenvalue weighted by Gasteiger charge is -2.46. The number of carbonyl (C=O) groups is 1. The van der Waals surface area contributed by atoms with Gasteiger partial charge in [0.15, 0.2) is 5.96 Å². The molecule has 1 unspecified atom stereocenters. The smallest absolute Gasteiger partial charge is 0.237 e. The molecule has 0 bridgehead atoms. The van der Waals surface area contributed by atoms with E-state index in [2.05, 4.69) is 31.1 Å². The maximum Gasteiger partial charge on any atom is 0.237 e. The first-order valence-electron chi connectivity index (χ1n) is 8.47. The van der Waals surface area contributed by atoms with E-state index in [1.165, 1.54) is 11.0 Å². The summed E-state index contributed by atoms with van der Waals surface area (Å²) >= 11 is 0. The van der Waals surface area contributed by atoms with Crippen LogP contribution in [-0.2, 0) is 10.3 Å². The van der Waals surface area contributed by atoms with Crippen LogP contribution in [0, 0.1) is 16.6 Å². The molecule has 1 aromatic carbocycles. The molecular formula is C19H29FN4O. The Bertz CT molecular complexity index is 721. The van der Waals surface area contributed by atoms with E-state index in [-0.39, 0.29) is 17.3 Å². The highest BCUT2D eigenvalue weighted by atomic mass is 19.1. The Morgan fingerprint density at radius 1 is 1.28 bits per heavy atom. The SMILES string of the molecule is CN1C(=O)C(C)(C)C(C)(c2cc(NCC(C)(C)C)ccc2F)N=C1N. The summed E-state index contributed by atoms with van der Waals surface area (Å²) < 4.78 is 14.7. The Kier molecular flexibility index (Phi) is 4.61. The zero-order chi connectivity index (χ0) is 19.2. The second-order valence-electron chi connectivity index (χ2n) is 8.64. The van der Waals surface area contributed by atoms with Gasteiger partial charge in [-0.1, -0.05) is 20.8 Å². The van der Waals surface area contributed by atoms with Crippen molar-refractivity contribution < 1.29 is 9.18 Å². The van der Waals surface area contributed by atoms with Crippen molar-refractivity contribution in [2.45, 2.75) is 47.1 Å². The van der Waals surface area contributed by atoms with E-state index in [9.17, 15) is 9.18 Å². The summed E-state index contributed by atoms with van der Waals surface area (Å²) in [6.45, 7) is 12.4. The number of guanidine groups is 1. The molecule has 2 rings (SSSR count). The molecule has 0 radical (unpaired) electrons. The number of halogens is 1. The van der Waals surface area contributed by atoms with Crippen LogP contribution in [0.4, 0.5) is 10.1 Å². The molecule has 1 atom stereocenters. The first kappa shape index (κ1) is 19.2. The van der Waals surface area contributed by atoms with Crippen LogP contribution in [0.15, 0.2) is 23.2 Å². The number of anilines is 1. The van der Waals surface area contributed by atoms with Crippen LogP contribution in [0.3, 0.4) is 0 Å². The molecule has 0 fully saturated rings. The number of benzene rings is 1. The van der Waals surface area contributed by atoms with Crippen molar-refractivity contribution in [3.63, 3.8) is 0 Å². The fourth-order valence-corrected chi connectivity index (χ4v) is 2.95. The minimum absolute atomic E-state index is 0.0871. The number of nitrogens with zero attached hydrogens (tertiary/aromatic N) is 2. The van der Waals surface area contributed by atoms with Crippen molar-refractivity contribution in [2.24, 2.45) is 21.6 Å². The first-order valence-corrected chi connectivity index (χ1v) is 8.47. The van der Waals surface area contributed by atoms with Crippen LogP contribution in [0.2, 0.25) is 0 Å². The van der Waals surface area contributed by atoms with Gasteiger partial charge in [-0.05, 0) is 44.4 Å². The van der Waals surface area contributed by atoms with Crippen molar-refractivity contribution in [1.82, 2.24) is 4.90 Å². The normalized spacial score (nSPS) is 23.4. The summed E-state index contributed by atoms with van der Waals surface area (Å²) in [7, 11) is 1.58. The fourth-order valence-electron chi connectivity index (χ4n) is 2.95. The molecule has 138 valence electrons. The number of nitrogens with two attached hydrogens (primary N) is 1. The van der Waals surface area contributed by atoms with Crippen LogP contribution in [0.5, 0.6) is 0 Å². The standard InChI is InChI=1S/C19H29FN4O/c1-17(2,3)11-22-12-8-9-14(20)13(10-12)19(6)18(4,5)15(25)24(7)16(21)23-19/h8-10,22H,11H2,1-7H3,(H2,21,23). The van der Waals surface area contributed by atoms with E-state index in [0.29, 0.717) is 5.56 Å². The van der Waals surface area contributed by atoms with Crippen molar-refractivity contribution in [2.75, 3.05) is 18.9 Å². The first-order chi connectivity index (χ1) is 11.3. The van der Waals surface area contributed by atoms with Crippen LogP contribution in [0.1, 0.15) is 47.1 Å². The van der Waals surface area contributed by atoms with Gasteiger partial charge >= 0.3 is 0 Å². The number of aliphatic imine (C=N–C) groups is 1. The van der Waals surface area contributed by atoms with Crippen molar-refractivity contribution in [3.05, 3.63) is 29.6 Å². The molecule has 0 aromatic heterocycles. The number of hydrogen-bond donors (Lipinski definition) is 2. The number of hydrogen-bond acceptors (Lipinski definition) is 4. The monoisotopic (exact) mass is 348 g/mol. The molecule has 3 N–H and O–H groups in total. The molecule has 1 heterocycles. The van der Waals surface area contributed by atoms with E-state index < -0.39 is 16.8 Å². The van der Waals surface area contributed by atoms with Crippen LogP contribution in [-0.4, -0.2) is 30.4 Å². The van der Waals surface area contributed by atoms with Gasteiger partial charge in [-0.3, -0.25) is 9.69 Å². The Labute approximate surface area is 149 Å². The van der Waals surface area contributed by atoms with E-state index in [1.54, 1.807) is 40.0 Å². The van der Waals surface area contributed by atoms with Gasteiger partial charge in [0.1, 0.15) is 11.4 Å². The molecule has 5 nitrogen and oxygen atoms in total. The molecule has 1 aromatic rings. The molecule has 0 saturated heterocycles. The Balaban J connectivity index is 2.54. The minimum atomic E-state index is -1.09. The van der Waals surface area contributed by atoms with Gasteiger partial charge in [-0.25, -0.2) is 9.38 Å². The Morgan fingerprint density at radius 3 is 2.44 bits per heavy atom. The highest BCUT2D eigenvalue weighted by molar-refractivity contribution is 6.01. The Hall–Kier alpha value is -2.11. The van der Waals surface area contributed by atoms with Crippen LogP contribution < -0.4 is 11.1 Å². The molecule has 25 heavy (non-hydrogen) atoms. The molecule has 0 spiro atoms.